The zero-order valence-electron chi connectivity index (χ0n) is 14.0. The third kappa shape index (κ3) is 3.73. The fourth-order valence-electron chi connectivity index (χ4n) is 3.03. The summed E-state index contributed by atoms with van der Waals surface area (Å²) in [4.78, 5) is 12.4. The predicted octanol–water partition coefficient (Wildman–Crippen LogP) is 4.02. The Morgan fingerprint density at radius 2 is 2.12 bits per heavy atom. The minimum Gasteiger partial charge on any atom is -0.373 e. The number of nitrogens with zero attached hydrogens (tertiary/aromatic N) is 2. The highest BCUT2D eigenvalue weighted by Crippen LogP contribution is 2.29. The molecular weight excluding hydrogens is 307 g/mol. The van der Waals surface area contributed by atoms with E-state index in [1.54, 1.807) is 0 Å². The van der Waals surface area contributed by atoms with Gasteiger partial charge < -0.3 is 4.74 Å². The van der Waals surface area contributed by atoms with Crippen molar-refractivity contribution in [3.8, 4) is 0 Å². The van der Waals surface area contributed by atoms with E-state index < -0.39 is 5.82 Å². The lowest BCUT2D eigenvalue weighted by Gasteiger charge is -2.24. The van der Waals surface area contributed by atoms with Crippen molar-refractivity contribution in [1.82, 2.24) is 9.78 Å². The number of ketones is 1. The number of ether oxygens (including phenoxy) is 1. The van der Waals surface area contributed by atoms with E-state index >= 15 is 0 Å². The average Bonchev–Trinajstić information content (AvgIpc) is 2.94. The van der Waals surface area contributed by atoms with Gasteiger partial charge in [-0.25, -0.2) is 4.39 Å². The molecule has 0 saturated heterocycles. The molecular formula is C19H23FN2O2. The van der Waals surface area contributed by atoms with Crippen LogP contribution in [0.1, 0.15) is 54.7 Å². The Balaban J connectivity index is 1.64. The SMILES string of the molecule is C[C@H](c1ccccc1)n1ncc(F)c1C(=O)COCCC1CCC1. The summed E-state index contributed by atoms with van der Waals surface area (Å²) in [7, 11) is 0. The first-order valence-corrected chi connectivity index (χ1v) is 8.55. The molecule has 1 fully saturated rings. The highest BCUT2D eigenvalue weighted by molar-refractivity contribution is 5.95. The third-order valence-electron chi connectivity index (χ3n) is 4.79. The fourth-order valence-corrected chi connectivity index (χ4v) is 3.03. The van der Waals surface area contributed by atoms with Crippen molar-refractivity contribution in [2.45, 2.75) is 38.6 Å². The van der Waals surface area contributed by atoms with E-state index in [2.05, 4.69) is 5.10 Å². The second kappa shape index (κ2) is 7.71. The Labute approximate surface area is 141 Å². The Morgan fingerprint density at radius 1 is 1.38 bits per heavy atom. The van der Waals surface area contributed by atoms with Crippen LogP contribution in [-0.2, 0) is 4.74 Å². The van der Waals surface area contributed by atoms with Crippen molar-refractivity contribution in [3.05, 3.63) is 53.6 Å². The van der Waals surface area contributed by atoms with Crippen LogP contribution in [0.25, 0.3) is 0 Å². The summed E-state index contributed by atoms with van der Waals surface area (Å²) in [5.74, 6) is -0.216. The van der Waals surface area contributed by atoms with Crippen LogP contribution in [0.2, 0.25) is 0 Å². The van der Waals surface area contributed by atoms with Crippen LogP contribution >= 0.6 is 0 Å². The van der Waals surface area contributed by atoms with Gasteiger partial charge in [0.05, 0.1) is 12.2 Å². The van der Waals surface area contributed by atoms with E-state index in [1.807, 2.05) is 37.3 Å². The summed E-state index contributed by atoms with van der Waals surface area (Å²) in [5, 5.41) is 4.06. The van der Waals surface area contributed by atoms with Crippen molar-refractivity contribution in [2.75, 3.05) is 13.2 Å². The number of Topliss-reactive ketones (excluding diaryl/α,β-unsaturated/α-hetero) is 1. The quantitative estimate of drug-likeness (QED) is 0.542. The van der Waals surface area contributed by atoms with Gasteiger partial charge >= 0.3 is 0 Å². The summed E-state index contributed by atoms with van der Waals surface area (Å²) in [6.07, 6.45) is 5.89. The largest absolute Gasteiger partial charge is 0.373 e. The number of benzene rings is 1. The summed E-state index contributed by atoms with van der Waals surface area (Å²) in [5.41, 5.74) is 0.968. The number of hydrogen-bond acceptors (Lipinski definition) is 3. The molecule has 2 aromatic rings. The van der Waals surface area contributed by atoms with Crippen molar-refractivity contribution in [1.29, 1.82) is 0 Å². The monoisotopic (exact) mass is 330 g/mol. The Morgan fingerprint density at radius 3 is 2.79 bits per heavy atom. The van der Waals surface area contributed by atoms with Gasteiger partial charge in [0.15, 0.2) is 5.82 Å². The molecule has 5 heteroatoms. The molecule has 1 aliphatic rings. The number of halogens is 1. The average molecular weight is 330 g/mol. The van der Waals surface area contributed by atoms with Gasteiger partial charge in [-0.3, -0.25) is 9.48 Å². The number of carbonyl (C=O) groups excluding carboxylic acids is 1. The van der Waals surface area contributed by atoms with Crippen LogP contribution in [0, 0.1) is 11.7 Å². The molecule has 1 saturated carbocycles. The molecule has 0 unspecified atom stereocenters. The van der Waals surface area contributed by atoms with Gasteiger partial charge in [-0.05, 0) is 24.8 Å². The molecule has 0 bridgehead atoms. The molecule has 128 valence electrons. The lowest BCUT2D eigenvalue weighted by molar-refractivity contribution is 0.0690. The van der Waals surface area contributed by atoms with E-state index in [-0.39, 0.29) is 24.1 Å². The van der Waals surface area contributed by atoms with E-state index in [1.165, 1.54) is 23.9 Å². The highest BCUT2D eigenvalue weighted by atomic mass is 19.1. The number of rotatable bonds is 8. The summed E-state index contributed by atoms with van der Waals surface area (Å²) >= 11 is 0. The Bertz CT molecular complexity index is 680. The van der Waals surface area contributed by atoms with Gasteiger partial charge in [0.25, 0.3) is 0 Å². The molecule has 0 aliphatic heterocycles. The molecule has 0 N–H and O–H groups in total. The van der Waals surface area contributed by atoms with Gasteiger partial charge in [0.2, 0.25) is 5.78 Å². The van der Waals surface area contributed by atoms with E-state index in [0.717, 1.165) is 24.1 Å². The van der Waals surface area contributed by atoms with Crippen LogP contribution in [-0.4, -0.2) is 28.8 Å². The van der Waals surface area contributed by atoms with Crippen molar-refractivity contribution in [2.24, 2.45) is 5.92 Å². The Hall–Kier alpha value is -2.01. The first-order valence-electron chi connectivity index (χ1n) is 8.55. The van der Waals surface area contributed by atoms with Gasteiger partial charge in [0, 0.05) is 6.61 Å². The summed E-state index contributed by atoms with van der Waals surface area (Å²) < 4.78 is 21.0. The summed E-state index contributed by atoms with van der Waals surface area (Å²) in [6, 6.07) is 9.40. The summed E-state index contributed by atoms with van der Waals surface area (Å²) in [6.45, 7) is 2.35. The molecule has 1 aromatic carbocycles. The molecule has 4 nitrogen and oxygen atoms in total. The first-order chi connectivity index (χ1) is 11.7. The molecule has 1 aliphatic carbocycles. The third-order valence-corrected chi connectivity index (χ3v) is 4.79. The maximum atomic E-state index is 14.1. The molecule has 3 rings (SSSR count). The van der Waals surface area contributed by atoms with E-state index in [0.29, 0.717) is 6.61 Å². The van der Waals surface area contributed by atoms with Crippen LogP contribution < -0.4 is 0 Å². The molecule has 0 spiro atoms. The smallest absolute Gasteiger partial charge is 0.209 e. The second-order valence-corrected chi connectivity index (χ2v) is 6.43. The van der Waals surface area contributed by atoms with Crippen molar-refractivity contribution in [3.63, 3.8) is 0 Å². The minimum absolute atomic E-state index is 0.00463. The maximum Gasteiger partial charge on any atom is 0.209 e. The lowest BCUT2D eigenvalue weighted by atomic mass is 9.83. The zero-order chi connectivity index (χ0) is 16.9. The van der Waals surface area contributed by atoms with Crippen LogP contribution in [0.15, 0.2) is 36.5 Å². The zero-order valence-corrected chi connectivity index (χ0v) is 14.0. The second-order valence-electron chi connectivity index (χ2n) is 6.43. The van der Waals surface area contributed by atoms with Crippen molar-refractivity contribution < 1.29 is 13.9 Å². The normalized spacial score (nSPS) is 15.9. The van der Waals surface area contributed by atoms with Crippen molar-refractivity contribution >= 4 is 5.78 Å². The predicted molar refractivity (Wildman–Crippen MR) is 89.5 cm³/mol. The number of hydrogen-bond donors (Lipinski definition) is 0. The molecule has 0 radical (unpaired) electrons. The maximum absolute atomic E-state index is 14.1. The molecule has 1 aromatic heterocycles. The topological polar surface area (TPSA) is 44.1 Å². The number of aromatic nitrogens is 2. The van der Waals surface area contributed by atoms with Crippen LogP contribution in [0.3, 0.4) is 0 Å². The first kappa shape index (κ1) is 16.8. The molecule has 1 atom stereocenters. The van der Waals surface area contributed by atoms with Gasteiger partial charge in [0.1, 0.15) is 12.3 Å². The van der Waals surface area contributed by atoms with Crippen LogP contribution in [0.5, 0.6) is 0 Å². The van der Waals surface area contributed by atoms with Crippen LogP contribution in [0.4, 0.5) is 4.39 Å². The minimum atomic E-state index is -0.592. The highest BCUT2D eigenvalue weighted by Gasteiger charge is 2.23. The van der Waals surface area contributed by atoms with E-state index in [9.17, 15) is 9.18 Å². The standard InChI is InChI=1S/C19H23FN2O2/c1-14(16-8-3-2-4-9-16)22-19(17(20)12-21-22)18(23)13-24-11-10-15-6-5-7-15/h2-4,8-9,12,14-15H,5-7,10-11,13H2,1H3/t14-/m1/s1. The van der Waals surface area contributed by atoms with Gasteiger partial charge in [-0.1, -0.05) is 49.6 Å². The van der Waals surface area contributed by atoms with E-state index in [4.69, 9.17) is 4.74 Å². The van der Waals surface area contributed by atoms with Gasteiger partial charge in [-0.15, -0.1) is 0 Å². The molecule has 24 heavy (non-hydrogen) atoms. The van der Waals surface area contributed by atoms with Gasteiger partial charge in [-0.2, -0.15) is 5.10 Å². The lowest BCUT2D eigenvalue weighted by Crippen LogP contribution is -2.21. The number of carbonyl (C=O) groups is 1. The fraction of sp³-hybridized carbons (Fsp3) is 0.474. The molecule has 0 amide bonds. The molecule has 1 heterocycles. The Kier molecular flexibility index (Phi) is 5.41.